The molecule has 2 bridgehead atoms. The summed E-state index contributed by atoms with van der Waals surface area (Å²) in [6, 6.07) is 3.20. The Morgan fingerprint density at radius 1 is 1.43 bits per heavy atom. The van der Waals surface area contributed by atoms with Gasteiger partial charge in [0, 0.05) is 24.8 Å². The molecule has 0 amide bonds. The molecule has 7 heteroatoms. The topological polar surface area (TPSA) is 91.3 Å². The van der Waals surface area contributed by atoms with Gasteiger partial charge in [0.1, 0.15) is 12.1 Å². The predicted molar refractivity (Wildman–Crippen MR) is 102 cm³/mol. The number of carboxylic acids is 1. The summed E-state index contributed by atoms with van der Waals surface area (Å²) >= 11 is 0. The third-order valence-corrected chi connectivity index (χ3v) is 7.89. The second-order valence-electron chi connectivity index (χ2n) is 8.87. The molecule has 2 fully saturated rings. The first-order valence-corrected chi connectivity index (χ1v) is 10.1. The zero-order valence-electron chi connectivity index (χ0n) is 16.6. The molecule has 28 heavy (non-hydrogen) atoms. The Morgan fingerprint density at radius 2 is 2.21 bits per heavy atom. The molecule has 7 nitrogen and oxygen atoms in total. The first-order chi connectivity index (χ1) is 13.4. The number of aliphatic carboxylic acids is 1. The molecule has 1 saturated heterocycles. The Bertz CT molecular complexity index is 844. The number of methoxy groups -OCH3 is 1. The van der Waals surface area contributed by atoms with Gasteiger partial charge in [0.15, 0.2) is 11.5 Å². The first kappa shape index (κ1) is 18.2. The van der Waals surface area contributed by atoms with Crippen LogP contribution < -0.4 is 10.1 Å². The van der Waals surface area contributed by atoms with Crippen LogP contribution >= 0.6 is 0 Å². The van der Waals surface area contributed by atoms with Crippen LogP contribution in [0.3, 0.4) is 0 Å². The van der Waals surface area contributed by atoms with E-state index in [0.717, 1.165) is 37.8 Å². The second kappa shape index (κ2) is 5.84. The lowest BCUT2D eigenvalue weighted by molar-refractivity contribution is -0.204. The monoisotopic (exact) mass is 388 g/mol. The number of nitrogens with zero attached hydrogens (tertiary/aromatic N) is 1. The van der Waals surface area contributed by atoms with E-state index in [9.17, 15) is 15.0 Å². The van der Waals surface area contributed by atoms with Crippen LogP contribution in [0, 0.1) is 0 Å². The molecule has 1 spiro atoms. The summed E-state index contributed by atoms with van der Waals surface area (Å²) in [5.74, 6) is -0.136. The van der Waals surface area contributed by atoms with Crippen molar-refractivity contribution in [1.29, 1.82) is 0 Å². The maximum atomic E-state index is 11.5. The van der Waals surface area contributed by atoms with Crippen LogP contribution in [0.1, 0.15) is 37.3 Å². The van der Waals surface area contributed by atoms with E-state index in [2.05, 4.69) is 17.3 Å². The summed E-state index contributed by atoms with van der Waals surface area (Å²) in [7, 11) is 3.96. The van der Waals surface area contributed by atoms with Gasteiger partial charge in [-0.3, -0.25) is 10.1 Å². The van der Waals surface area contributed by atoms with Crippen LogP contribution in [-0.2, 0) is 21.4 Å². The van der Waals surface area contributed by atoms with Gasteiger partial charge in [-0.1, -0.05) is 6.07 Å². The Morgan fingerprint density at radius 3 is 2.93 bits per heavy atom. The minimum Gasteiger partial charge on any atom is -0.504 e. The fraction of sp³-hybridized carbons (Fsp3) is 0.667. The van der Waals surface area contributed by atoms with Crippen LogP contribution in [0.2, 0.25) is 0 Å². The third-order valence-electron chi connectivity index (χ3n) is 7.89. The Labute approximate surface area is 164 Å². The van der Waals surface area contributed by atoms with Gasteiger partial charge in [-0.05, 0) is 57.8 Å². The van der Waals surface area contributed by atoms with Gasteiger partial charge in [-0.15, -0.1) is 0 Å². The summed E-state index contributed by atoms with van der Waals surface area (Å²) in [6.45, 7) is 2.59. The van der Waals surface area contributed by atoms with Crippen molar-refractivity contribution < 1.29 is 24.5 Å². The van der Waals surface area contributed by atoms with E-state index < -0.39 is 17.6 Å². The third kappa shape index (κ3) is 1.97. The summed E-state index contributed by atoms with van der Waals surface area (Å²) in [5.41, 5.74) is 1.53. The molecule has 1 aromatic carbocycles. The molecule has 1 aromatic rings. The summed E-state index contributed by atoms with van der Waals surface area (Å²) in [4.78, 5) is 13.9. The number of nitrogens with one attached hydrogen (secondary N) is 1. The molecule has 3 N–H and O–H groups in total. The number of likely N-dealkylation sites (N-methyl/N-ethyl adjacent to an activating group) is 1. The van der Waals surface area contributed by atoms with E-state index in [1.54, 1.807) is 20.1 Å². The molecule has 4 aliphatic rings. The zero-order valence-corrected chi connectivity index (χ0v) is 16.6. The minimum absolute atomic E-state index is 0.115. The van der Waals surface area contributed by atoms with E-state index >= 15 is 0 Å². The highest BCUT2D eigenvalue weighted by Crippen LogP contribution is 2.66. The number of hydrogen-bond acceptors (Lipinski definition) is 6. The maximum Gasteiger partial charge on any atom is 0.320 e. The quantitative estimate of drug-likeness (QED) is 0.715. The lowest BCUT2D eigenvalue weighted by Gasteiger charge is -2.65. The van der Waals surface area contributed by atoms with E-state index in [-0.39, 0.29) is 29.4 Å². The fourth-order valence-corrected chi connectivity index (χ4v) is 6.70. The number of phenols is 1. The van der Waals surface area contributed by atoms with Crippen molar-refractivity contribution in [2.45, 2.75) is 67.9 Å². The summed E-state index contributed by atoms with van der Waals surface area (Å²) < 4.78 is 12.8. The normalized spacial score (nSPS) is 39.2. The van der Waals surface area contributed by atoms with Crippen LogP contribution in [0.5, 0.6) is 11.5 Å². The molecule has 5 rings (SSSR count). The van der Waals surface area contributed by atoms with Crippen molar-refractivity contribution in [1.82, 2.24) is 10.2 Å². The number of carbonyl (C=O) groups is 1. The lowest BCUT2D eigenvalue weighted by Crippen LogP contribution is -2.78. The Hall–Kier alpha value is -1.83. The average Bonchev–Trinajstić information content (AvgIpc) is 3.03. The van der Waals surface area contributed by atoms with E-state index in [4.69, 9.17) is 9.47 Å². The smallest absolute Gasteiger partial charge is 0.320 e. The molecular formula is C21H28N2O5. The highest BCUT2D eigenvalue weighted by atomic mass is 16.5. The number of ether oxygens (including phenoxy) is 2. The van der Waals surface area contributed by atoms with Crippen LogP contribution in [0.25, 0.3) is 0 Å². The van der Waals surface area contributed by atoms with Gasteiger partial charge in [0.05, 0.1) is 11.0 Å². The number of rotatable bonds is 4. The number of carboxylic acid groups (broad SMARTS) is 1. The Kier molecular flexibility index (Phi) is 3.80. The fourth-order valence-electron chi connectivity index (χ4n) is 6.70. The largest absolute Gasteiger partial charge is 0.504 e. The number of hydrogen-bond donors (Lipinski definition) is 3. The van der Waals surface area contributed by atoms with E-state index in [0.29, 0.717) is 5.75 Å². The number of aromatic hydroxyl groups is 1. The van der Waals surface area contributed by atoms with Gasteiger partial charge in [-0.25, -0.2) is 0 Å². The van der Waals surface area contributed by atoms with Gasteiger partial charge < -0.3 is 24.6 Å². The van der Waals surface area contributed by atoms with Crippen molar-refractivity contribution in [2.75, 3.05) is 20.7 Å². The maximum absolute atomic E-state index is 11.5. The number of benzene rings is 1. The number of phenolic OH excluding ortho intramolecular Hbond substituents is 1. The summed E-state index contributed by atoms with van der Waals surface area (Å²) in [6.07, 6.45) is 3.07. The van der Waals surface area contributed by atoms with Gasteiger partial charge in [-0.2, -0.15) is 0 Å². The second-order valence-corrected chi connectivity index (χ2v) is 8.87. The lowest BCUT2D eigenvalue weighted by atomic mass is 9.48. The van der Waals surface area contributed by atoms with Crippen LogP contribution in [0.4, 0.5) is 0 Å². The molecule has 152 valence electrons. The van der Waals surface area contributed by atoms with Crippen molar-refractivity contribution in [2.24, 2.45) is 0 Å². The van der Waals surface area contributed by atoms with Crippen molar-refractivity contribution in [3.8, 4) is 11.5 Å². The average molecular weight is 388 g/mol. The molecule has 2 aliphatic carbocycles. The Balaban J connectivity index is 1.70. The van der Waals surface area contributed by atoms with Crippen molar-refractivity contribution >= 4 is 5.97 Å². The number of likely N-dealkylation sites (tertiary alicyclic amines) is 1. The van der Waals surface area contributed by atoms with Crippen molar-refractivity contribution in [3.05, 3.63) is 23.3 Å². The highest BCUT2D eigenvalue weighted by molar-refractivity contribution is 5.73. The molecule has 0 aromatic heterocycles. The van der Waals surface area contributed by atoms with Crippen LogP contribution in [0.15, 0.2) is 12.1 Å². The van der Waals surface area contributed by atoms with E-state index in [1.807, 2.05) is 6.07 Å². The summed E-state index contributed by atoms with van der Waals surface area (Å²) in [5, 5.41) is 23.3. The zero-order chi connectivity index (χ0) is 19.8. The molecule has 2 unspecified atom stereocenters. The van der Waals surface area contributed by atoms with Crippen LogP contribution in [-0.4, -0.2) is 71.6 Å². The number of piperidine rings is 1. The molecule has 1 saturated carbocycles. The molecular weight excluding hydrogens is 360 g/mol. The van der Waals surface area contributed by atoms with Gasteiger partial charge >= 0.3 is 5.97 Å². The van der Waals surface area contributed by atoms with Gasteiger partial charge in [0.2, 0.25) is 0 Å². The first-order valence-electron chi connectivity index (χ1n) is 10.1. The molecule has 0 radical (unpaired) electrons. The molecule has 6 atom stereocenters. The SMILES string of the molecule is CO[C@@]12CC[C@@H](N[C@@H](C)C(=O)O)[C@@H]3Oc4c(O)ccc5c4C31CCN(C)C2C5. The predicted octanol–water partition coefficient (Wildman–Crippen LogP) is 1.26. The van der Waals surface area contributed by atoms with E-state index in [1.165, 1.54) is 5.56 Å². The molecule has 2 heterocycles. The minimum atomic E-state index is -0.870. The molecule has 2 aliphatic heterocycles. The standard InChI is InChI=1S/C21H28N2O5/c1-11(19(25)26)22-13-6-7-21(27-3)15-10-12-4-5-14(24)17-16(12)20(21,18(13)28-17)8-9-23(15)2/h4-5,11,13,15,18,22,24H,6-10H2,1-3H3,(H,25,26)/t11-,13+,15?,18-,20?,21+/m0/s1. The van der Waals surface area contributed by atoms with Gasteiger partial charge in [0.25, 0.3) is 0 Å². The van der Waals surface area contributed by atoms with Crippen molar-refractivity contribution in [3.63, 3.8) is 0 Å². The highest BCUT2D eigenvalue weighted by Gasteiger charge is 2.73.